The second kappa shape index (κ2) is 10.5. The van der Waals surface area contributed by atoms with Gasteiger partial charge in [0.05, 0.1) is 23.5 Å². The van der Waals surface area contributed by atoms with Gasteiger partial charge in [0.2, 0.25) is 5.91 Å². The molecule has 6 nitrogen and oxygen atoms in total. The smallest absolute Gasteiger partial charge is 0.226 e. The van der Waals surface area contributed by atoms with Gasteiger partial charge in [0.15, 0.2) is 5.11 Å². The number of pyridine rings is 1. The molecule has 0 unspecified atom stereocenters. The van der Waals surface area contributed by atoms with Gasteiger partial charge in [-0.05, 0) is 79.7 Å². The molecule has 8 heteroatoms. The number of rotatable bonds is 7. The van der Waals surface area contributed by atoms with Crippen LogP contribution in [-0.2, 0) is 4.79 Å². The Labute approximate surface area is 221 Å². The monoisotopic (exact) mass is 513 g/mol. The van der Waals surface area contributed by atoms with Crippen molar-refractivity contribution in [1.29, 1.82) is 0 Å². The number of carbonyl (C=O) groups excluding carboxylic acids is 1. The number of hydrogen-bond donors (Lipinski definition) is 2. The number of aryl methyl sites for hydroxylation is 2. The zero-order valence-electron chi connectivity index (χ0n) is 20.7. The standard InChI is InChI=1S/C29H28FN5OS/c1-19-12-13-20(2)23(18-19)32-26(36)14-17-35-28(27(33-29(35)37)22-9-5-6-15-31-22)25-11-7-16-34(25)24-10-4-3-8-21(24)30/h3-13,15-16,18,27-28H,14,17H2,1-2H3,(H,32,36)(H,33,37)/t27-,28+/m0/s1. The van der Waals surface area contributed by atoms with Crippen LogP contribution in [0.2, 0.25) is 0 Å². The van der Waals surface area contributed by atoms with Crippen molar-refractivity contribution < 1.29 is 9.18 Å². The van der Waals surface area contributed by atoms with Crippen molar-refractivity contribution in [2.75, 3.05) is 11.9 Å². The summed E-state index contributed by atoms with van der Waals surface area (Å²) in [6.07, 6.45) is 3.82. The Bertz CT molecular complexity index is 1440. The number of thiocarbonyl (C=S) groups is 1. The summed E-state index contributed by atoms with van der Waals surface area (Å²) in [6.45, 7) is 4.36. The maximum absolute atomic E-state index is 14.8. The van der Waals surface area contributed by atoms with Gasteiger partial charge >= 0.3 is 0 Å². The SMILES string of the molecule is Cc1ccc(C)c(NC(=O)CCN2C(=S)N[C@@H](c3ccccn3)[C@H]2c2cccn2-c2ccccc2F)c1. The van der Waals surface area contributed by atoms with Crippen LogP contribution in [0.1, 0.15) is 41.0 Å². The molecule has 2 aromatic heterocycles. The highest BCUT2D eigenvalue weighted by Crippen LogP contribution is 2.39. The van der Waals surface area contributed by atoms with E-state index in [9.17, 15) is 9.18 Å². The highest BCUT2D eigenvalue weighted by atomic mass is 32.1. The molecule has 0 spiro atoms. The van der Waals surface area contributed by atoms with Gasteiger partial charge in [-0.1, -0.05) is 30.3 Å². The van der Waals surface area contributed by atoms with E-state index in [1.54, 1.807) is 18.3 Å². The molecule has 188 valence electrons. The Morgan fingerprint density at radius 1 is 1.08 bits per heavy atom. The first kappa shape index (κ1) is 24.6. The van der Waals surface area contributed by atoms with Crippen LogP contribution in [-0.4, -0.2) is 32.0 Å². The number of halogens is 1. The van der Waals surface area contributed by atoms with Gasteiger partial charge in [0.1, 0.15) is 5.82 Å². The van der Waals surface area contributed by atoms with Gasteiger partial charge in [-0.15, -0.1) is 0 Å². The van der Waals surface area contributed by atoms with E-state index < -0.39 is 0 Å². The number of para-hydroxylation sites is 1. The average molecular weight is 514 g/mol. The quantitative estimate of drug-likeness (QED) is 0.314. The molecule has 4 aromatic rings. The predicted molar refractivity (Wildman–Crippen MR) is 147 cm³/mol. The lowest BCUT2D eigenvalue weighted by Crippen LogP contribution is -2.33. The number of carbonyl (C=O) groups is 1. The number of hydrogen-bond acceptors (Lipinski definition) is 3. The summed E-state index contributed by atoms with van der Waals surface area (Å²) in [5.41, 5.74) is 5.02. The number of benzene rings is 2. The van der Waals surface area contributed by atoms with Crippen LogP contribution in [0.15, 0.2) is 85.2 Å². The van der Waals surface area contributed by atoms with Gasteiger partial charge in [-0.25, -0.2) is 4.39 Å². The van der Waals surface area contributed by atoms with Gasteiger partial charge in [0, 0.05) is 36.7 Å². The Morgan fingerprint density at radius 2 is 1.89 bits per heavy atom. The molecule has 1 saturated heterocycles. The summed E-state index contributed by atoms with van der Waals surface area (Å²) < 4.78 is 16.6. The molecule has 1 aliphatic rings. The zero-order chi connectivity index (χ0) is 25.9. The summed E-state index contributed by atoms with van der Waals surface area (Å²) in [7, 11) is 0. The molecule has 37 heavy (non-hydrogen) atoms. The number of anilines is 1. The van der Waals surface area contributed by atoms with E-state index in [0.717, 1.165) is 28.2 Å². The summed E-state index contributed by atoms with van der Waals surface area (Å²) in [4.78, 5) is 19.5. The second-order valence-corrected chi connectivity index (χ2v) is 9.58. The third kappa shape index (κ3) is 5.11. The first-order valence-electron chi connectivity index (χ1n) is 12.2. The van der Waals surface area contributed by atoms with Gasteiger partial charge < -0.3 is 20.1 Å². The van der Waals surface area contributed by atoms with Crippen LogP contribution in [0, 0.1) is 19.7 Å². The molecule has 1 amide bonds. The summed E-state index contributed by atoms with van der Waals surface area (Å²) in [5, 5.41) is 6.96. The van der Waals surface area contributed by atoms with E-state index in [0.29, 0.717) is 17.3 Å². The maximum Gasteiger partial charge on any atom is 0.226 e. The lowest BCUT2D eigenvalue weighted by molar-refractivity contribution is -0.116. The van der Waals surface area contributed by atoms with Gasteiger partial charge in [-0.3, -0.25) is 9.78 Å². The normalized spacial score (nSPS) is 17.1. The largest absolute Gasteiger partial charge is 0.352 e. The molecule has 0 aliphatic carbocycles. The fourth-order valence-corrected chi connectivity index (χ4v) is 5.11. The molecule has 2 atom stereocenters. The average Bonchev–Trinajstić information content (AvgIpc) is 3.50. The Hall–Kier alpha value is -4.04. The molecule has 5 rings (SSSR count). The third-order valence-electron chi connectivity index (χ3n) is 6.64. The first-order chi connectivity index (χ1) is 17.9. The molecule has 3 heterocycles. The van der Waals surface area contributed by atoms with Crippen LogP contribution in [0.5, 0.6) is 0 Å². The van der Waals surface area contributed by atoms with E-state index >= 15 is 0 Å². The molecule has 1 aliphatic heterocycles. The number of nitrogens with one attached hydrogen (secondary N) is 2. The minimum absolute atomic E-state index is 0.0963. The Balaban J connectivity index is 1.45. The second-order valence-electron chi connectivity index (χ2n) is 9.19. The van der Waals surface area contributed by atoms with Gasteiger partial charge in [-0.2, -0.15) is 0 Å². The van der Waals surface area contributed by atoms with Crippen LogP contribution < -0.4 is 10.6 Å². The van der Waals surface area contributed by atoms with Gasteiger partial charge in [0.25, 0.3) is 0 Å². The molecule has 1 fully saturated rings. The predicted octanol–water partition coefficient (Wildman–Crippen LogP) is 5.63. The highest BCUT2D eigenvalue weighted by Gasteiger charge is 2.41. The van der Waals surface area contributed by atoms with Crippen molar-refractivity contribution in [2.45, 2.75) is 32.4 Å². The van der Waals surface area contributed by atoms with Crippen LogP contribution in [0.25, 0.3) is 5.69 Å². The first-order valence-corrected chi connectivity index (χ1v) is 12.6. The van der Waals surface area contributed by atoms with Crippen LogP contribution in [0.3, 0.4) is 0 Å². The van der Waals surface area contributed by atoms with Crippen molar-refractivity contribution in [3.63, 3.8) is 0 Å². The molecular formula is C29H28FN5OS. The molecule has 0 bridgehead atoms. The molecule has 2 N–H and O–H groups in total. The highest BCUT2D eigenvalue weighted by molar-refractivity contribution is 7.80. The van der Waals surface area contributed by atoms with Crippen LogP contribution in [0.4, 0.5) is 10.1 Å². The Kier molecular flexibility index (Phi) is 7.01. The molecule has 2 aromatic carbocycles. The Morgan fingerprint density at radius 3 is 2.68 bits per heavy atom. The van der Waals surface area contributed by atoms with Crippen molar-refractivity contribution in [1.82, 2.24) is 19.8 Å². The lowest BCUT2D eigenvalue weighted by Gasteiger charge is -2.29. The van der Waals surface area contributed by atoms with Crippen molar-refractivity contribution >= 4 is 28.9 Å². The molecule has 0 saturated carbocycles. The van der Waals surface area contributed by atoms with E-state index in [1.165, 1.54) is 6.07 Å². The van der Waals surface area contributed by atoms with E-state index in [4.69, 9.17) is 12.2 Å². The van der Waals surface area contributed by atoms with Crippen molar-refractivity contribution in [3.05, 3.63) is 114 Å². The summed E-state index contributed by atoms with van der Waals surface area (Å²) in [5.74, 6) is -0.414. The number of aromatic nitrogens is 2. The third-order valence-corrected chi connectivity index (χ3v) is 6.99. The van der Waals surface area contributed by atoms with Crippen molar-refractivity contribution in [2.24, 2.45) is 0 Å². The van der Waals surface area contributed by atoms with Crippen molar-refractivity contribution in [3.8, 4) is 5.69 Å². The topological polar surface area (TPSA) is 62.2 Å². The maximum atomic E-state index is 14.8. The lowest BCUT2D eigenvalue weighted by atomic mass is 10.0. The minimum atomic E-state index is -0.317. The fourth-order valence-electron chi connectivity index (χ4n) is 4.77. The summed E-state index contributed by atoms with van der Waals surface area (Å²) >= 11 is 5.75. The number of nitrogens with zero attached hydrogens (tertiary/aromatic N) is 3. The van der Waals surface area contributed by atoms with Crippen LogP contribution >= 0.6 is 12.2 Å². The van der Waals surface area contributed by atoms with E-state index in [-0.39, 0.29) is 30.2 Å². The fraction of sp³-hybridized carbons (Fsp3) is 0.207. The van der Waals surface area contributed by atoms with E-state index in [2.05, 4.69) is 15.6 Å². The zero-order valence-corrected chi connectivity index (χ0v) is 21.5. The molecule has 0 radical (unpaired) electrons. The van der Waals surface area contributed by atoms with E-state index in [1.807, 2.05) is 84.1 Å². The minimum Gasteiger partial charge on any atom is -0.352 e. The number of amides is 1. The summed E-state index contributed by atoms with van der Waals surface area (Å²) in [6, 6.07) is 21.7. The molecular weight excluding hydrogens is 485 g/mol.